The first-order valence-electron chi connectivity index (χ1n) is 8.20. The molecule has 5 heteroatoms. The molecule has 0 radical (unpaired) electrons. The van der Waals surface area contributed by atoms with E-state index >= 15 is 0 Å². The maximum Gasteiger partial charge on any atom is 0.159 e. The first kappa shape index (κ1) is 15.8. The molecule has 3 nitrogen and oxygen atoms in total. The molecular formula is C17H24F2N2O. The molecule has 2 aliphatic rings. The Morgan fingerprint density at radius 1 is 1.14 bits per heavy atom. The summed E-state index contributed by atoms with van der Waals surface area (Å²) < 4.78 is 26.4. The van der Waals surface area contributed by atoms with Gasteiger partial charge in [0, 0.05) is 44.9 Å². The Kier molecular flexibility index (Phi) is 5.06. The molecule has 1 aromatic carbocycles. The number of hydrogen-bond acceptors (Lipinski definition) is 3. The van der Waals surface area contributed by atoms with Crippen LogP contribution in [0, 0.1) is 11.6 Å². The summed E-state index contributed by atoms with van der Waals surface area (Å²) in [4.78, 5) is 4.82. The predicted molar refractivity (Wildman–Crippen MR) is 81.5 cm³/mol. The highest BCUT2D eigenvalue weighted by molar-refractivity contribution is 5.18. The van der Waals surface area contributed by atoms with Crippen LogP contribution in [0.3, 0.4) is 0 Å². The molecule has 1 aliphatic carbocycles. The molecule has 0 spiro atoms. The van der Waals surface area contributed by atoms with Crippen LogP contribution in [0.5, 0.6) is 0 Å². The Hall–Kier alpha value is -1.04. The van der Waals surface area contributed by atoms with Gasteiger partial charge < -0.3 is 5.11 Å². The molecule has 0 bridgehead atoms. The van der Waals surface area contributed by atoms with Crippen LogP contribution in [-0.2, 0) is 6.54 Å². The van der Waals surface area contributed by atoms with Gasteiger partial charge in [-0.15, -0.1) is 0 Å². The normalized spacial score (nSPS) is 24.4. The fraction of sp³-hybridized carbons (Fsp3) is 0.647. The molecule has 0 aromatic heterocycles. The SMILES string of the molecule is OCC[C@H]1CN(C2CCC2)CCN1Cc1ccc(F)c(F)c1. The van der Waals surface area contributed by atoms with Gasteiger partial charge >= 0.3 is 0 Å². The molecule has 1 saturated heterocycles. The van der Waals surface area contributed by atoms with Crippen molar-refractivity contribution in [3.63, 3.8) is 0 Å². The Bertz CT molecular complexity index is 507. The summed E-state index contributed by atoms with van der Waals surface area (Å²) in [6.45, 7) is 3.68. The zero-order valence-corrected chi connectivity index (χ0v) is 12.8. The number of aliphatic hydroxyl groups excluding tert-OH is 1. The minimum atomic E-state index is -0.800. The van der Waals surface area contributed by atoms with Gasteiger partial charge in [-0.1, -0.05) is 12.5 Å². The van der Waals surface area contributed by atoms with E-state index in [1.807, 2.05) is 0 Å². The van der Waals surface area contributed by atoms with Crippen LogP contribution >= 0.6 is 0 Å². The van der Waals surface area contributed by atoms with Crippen molar-refractivity contribution in [2.24, 2.45) is 0 Å². The van der Waals surface area contributed by atoms with Crippen molar-refractivity contribution in [3.8, 4) is 0 Å². The lowest BCUT2D eigenvalue weighted by atomic mass is 9.90. The first-order valence-corrected chi connectivity index (χ1v) is 8.20. The van der Waals surface area contributed by atoms with Crippen molar-refractivity contribution in [1.82, 2.24) is 9.80 Å². The Labute approximate surface area is 130 Å². The second-order valence-corrected chi connectivity index (χ2v) is 6.46. The van der Waals surface area contributed by atoms with E-state index in [9.17, 15) is 13.9 Å². The van der Waals surface area contributed by atoms with Gasteiger partial charge in [-0.05, 0) is 37.0 Å². The second kappa shape index (κ2) is 7.02. The van der Waals surface area contributed by atoms with Gasteiger partial charge in [0.15, 0.2) is 11.6 Å². The van der Waals surface area contributed by atoms with E-state index in [4.69, 9.17) is 0 Å². The molecule has 0 amide bonds. The standard InChI is InChI=1S/C17H24F2N2O/c18-16-5-4-13(10-17(16)19)11-20-7-8-21(14-2-1-3-14)12-15(20)6-9-22/h4-5,10,14-15,22H,1-3,6-9,11-12H2/t15-/m0/s1. The third-order valence-corrected chi connectivity index (χ3v) is 5.06. The van der Waals surface area contributed by atoms with Crippen molar-refractivity contribution < 1.29 is 13.9 Å². The zero-order chi connectivity index (χ0) is 15.5. The molecule has 2 fully saturated rings. The van der Waals surface area contributed by atoms with Crippen LogP contribution in [0.1, 0.15) is 31.2 Å². The highest BCUT2D eigenvalue weighted by atomic mass is 19.2. The Morgan fingerprint density at radius 2 is 1.95 bits per heavy atom. The van der Waals surface area contributed by atoms with Gasteiger partial charge in [0.2, 0.25) is 0 Å². The van der Waals surface area contributed by atoms with E-state index in [-0.39, 0.29) is 12.6 Å². The van der Waals surface area contributed by atoms with Crippen LogP contribution in [0.25, 0.3) is 0 Å². The van der Waals surface area contributed by atoms with Crippen molar-refractivity contribution in [2.45, 2.75) is 44.3 Å². The average Bonchev–Trinajstić information content (AvgIpc) is 2.44. The molecule has 3 rings (SSSR count). The summed E-state index contributed by atoms with van der Waals surface area (Å²) in [5.74, 6) is -1.59. The maximum atomic E-state index is 13.4. The van der Waals surface area contributed by atoms with Gasteiger partial charge in [0.25, 0.3) is 0 Å². The summed E-state index contributed by atoms with van der Waals surface area (Å²) in [7, 11) is 0. The number of benzene rings is 1. The van der Waals surface area contributed by atoms with Crippen molar-refractivity contribution in [1.29, 1.82) is 0 Å². The highest BCUT2D eigenvalue weighted by Crippen LogP contribution is 2.28. The molecule has 22 heavy (non-hydrogen) atoms. The van der Waals surface area contributed by atoms with Gasteiger partial charge in [0.1, 0.15) is 0 Å². The molecule has 1 heterocycles. The van der Waals surface area contributed by atoms with Gasteiger partial charge in [-0.3, -0.25) is 9.80 Å². The number of aliphatic hydroxyl groups is 1. The van der Waals surface area contributed by atoms with Crippen LogP contribution in [-0.4, -0.2) is 53.2 Å². The smallest absolute Gasteiger partial charge is 0.159 e. The number of rotatable bonds is 5. The molecule has 0 unspecified atom stereocenters. The quantitative estimate of drug-likeness (QED) is 0.904. The third kappa shape index (κ3) is 3.47. The number of piperazine rings is 1. The lowest BCUT2D eigenvalue weighted by Crippen LogP contribution is -2.57. The van der Waals surface area contributed by atoms with Crippen LogP contribution in [0.4, 0.5) is 8.78 Å². The van der Waals surface area contributed by atoms with Gasteiger partial charge in [-0.2, -0.15) is 0 Å². The lowest BCUT2D eigenvalue weighted by Gasteiger charge is -2.47. The van der Waals surface area contributed by atoms with Crippen LogP contribution < -0.4 is 0 Å². The Morgan fingerprint density at radius 3 is 2.59 bits per heavy atom. The number of halogens is 2. The maximum absolute atomic E-state index is 13.4. The highest BCUT2D eigenvalue weighted by Gasteiger charge is 2.32. The summed E-state index contributed by atoms with van der Waals surface area (Å²) in [6.07, 6.45) is 4.63. The second-order valence-electron chi connectivity index (χ2n) is 6.46. The van der Waals surface area contributed by atoms with Crippen molar-refractivity contribution >= 4 is 0 Å². The lowest BCUT2D eigenvalue weighted by molar-refractivity contribution is 0.0111. The Balaban J connectivity index is 1.64. The van der Waals surface area contributed by atoms with E-state index < -0.39 is 11.6 Å². The van der Waals surface area contributed by atoms with Crippen LogP contribution in [0.15, 0.2) is 18.2 Å². The fourth-order valence-electron chi connectivity index (χ4n) is 3.50. The molecule has 122 valence electrons. The van der Waals surface area contributed by atoms with Crippen molar-refractivity contribution in [3.05, 3.63) is 35.4 Å². The number of hydrogen-bond donors (Lipinski definition) is 1. The largest absolute Gasteiger partial charge is 0.396 e. The molecule has 1 saturated carbocycles. The first-order chi connectivity index (χ1) is 10.7. The monoisotopic (exact) mass is 310 g/mol. The van der Waals surface area contributed by atoms with Crippen molar-refractivity contribution in [2.75, 3.05) is 26.2 Å². The molecule has 1 aliphatic heterocycles. The molecule has 1 atom stereocenters. The minimum absolute atomic E-state index is 0.164. The van der Waals surface area contributed by atoms with Crippen LogP contribution in [0.2, 0.25) is 0 Å². The zero-order valence-electron chi connectivity index (χ0n) is 12.8. The fourth-order valence-corrected chi connectivity index (χ4v) is 3.50. The summed E-state index contributed by atoms with van der Waals surface area (Å²) >= 11 is 0. The minimum Gasteiger partial charge on any atom is -0.396 e. The topological polar surface area (TPSA) is 26.7 Å². The number of nitrogens with zero attached hydrogens (tertiary/aromatic N) is 2. The molecule has 1 aromatic rings. The van der Waals surface area contributed by atoms with E-state index in [0.717, 1.165) is 31.6 Å². The molecular weight excluding hydrogens is 286 g/mol. The van der Waals surface area contributed by atoms with E-state index in [2.05, 4.69) is 9.80 Å². The van der Waals surface area contributed by atoms with E-state index in [0.29, 0.717) is 12.6 Å². The van der Waals surface area contributed by atoms with Gasteiger partial charge in [0.05, 0.1) is 0 Å². The summed E-state index contributed by atoms with van der Waals surface area (Å²) in [6, 6.07) is 5.12. The van der Waals surface area contributed by atoms with Gasteiger partial charge in [-0.25, -0.2) is 8.78 Å². The van der Waals surface area contributed by atoms with E-state index in [1.54, 1.807) is 6.07 Å². The predicted octanol–water partition coefficient (Wildman–Crippen LogP) is 2.39. The summed E-state index contributed by atoms with van der Waals surface area (Å²) in [5, 5.41) is 9.32. The van der Waals surface area contributed by atoms with E-state index in [1.165, 1.54) is 31.4 Å². The summed E-state index contributed by atoms with van der Waals surface area (Å²) in [5.41, 5.74) is 0.791. The average molecular weight is 310 g/mol. The molecule has 1 N–H and O–H groups in total. The third-order valence-electron chi connectivity index (χ3n) is 5.06.